The number of H-pyrrole nitrogens is 1. The predicted octanol–water partition coefficient (Wildman–Crippen LogP) is -0.392. The van der Waals surface area contributed by atoms with E-state index in [9.17, 15) is 0 Å². The second-order valence-electron chi connectivity index (χ2n) is 2.33. The van der Waals surface area contributed by atoms with Crippen LogP contribution < -0.4 is 5.32 Å². The highest BCUT2D eigenvalue weighted by atomic mass is 16.3. The lowest BCUT2D eigenvalue weighted by Crippen LogP contribution is -2.06. The van der Waals surface area contributed by atoms with Crippen LogP contribution in [0.25, 0.3) is 0 Å². The molecule has 1 aliphatic heterocycles. The van der Waals surface area contributed by atoms with Crippen LogP contribution >= 0.6 is 0 Å². The molecule has 5 heteroatoms. The SMILES string of the molecule is OCC1=C[N]C(c2cn[nH]c2)=N1. The summed E-state index contributed by atoms with van der Waals surface area (Å²) >= 11 is 0. The molecule has 0 saturated heterocycles. The number of aliphatic imine (C=N–C) groups is 1. The Kier molecular flexibility index (Phi) is 1.64. The molecule has 2 N–H and O–H groups in total. The van der Waals surface area contributed by atoms with E-state index in [4.69, 9.17) is 5.11 Å². The summed E-state index contributed by atoms with van der Waals surface area (Å²) in [6.07, 6.45) is 4.88. The van der Waals surface area contributed by atoms with Crippen LogP contribution in [0.2, 0.25) is 0 Å². The van der Waals surface area contributed by atoms with E-state index in [1.54, 1.807) is 18.6 Å². The van der Waals surface area contributed by atoms with Gasteiger partial charge in [0.15, 0.2) is 5.84 Å². The molecular formula is C7H7N4O. The standard InChI is InChI=1S/C7H7N4O/c12-4-6-3-8-7(11-6)5-1-9-10-2-5/h1-3,12H,4H2,(H,9,10). The third kappa shape index (κ3) is 1.10. The summed E-state index contributed by atoms with van der Waals surface area (Å²) in [5, 5.41) is 19.2. The third-order valence-electron chi connectivity index (χ3n) is 1.50. The quantitative estimate of drug-likeness (QED) is 0.622. The van der Waals surface area contributed by atoms with Crippen LogP contribution in [0.3, 0.4) is 0 Å². The van der Waals surface area contributed by atoms with Crippen molar-refractivity contribution in [2.24, 2.45) is 4.99 Å². The Morgan fingerprint density at radius 2 is 2.42 bits per heavy atom. The zero-order valence-corrected chi connectivity index (χ0v) is 6.23. The summed E-state index contributed by atoms with van der Waals surface area (Å²) in [4.78, 5) is 4.05. The number of aliphatic hydroxyl groups excluding tert-OH is 1. The molecule has 1 aromatic heterocycles. The molecule has 0 atom stereocenters. The lowest BCUT2D eigenvalue weighted by Gasteiger charge is -1.90. The fourth-order valence-electron chi connectivity index (χ4n) is 0.918. The number of aliphatic hydroxyl groups is 1. The van der Waals surface area contributed by atoms with Crippen LogP contribution in [-0.2, 0) is 0 Å². The van der Waals surface area contributed by atoms with Gasteiger partial charge < -0.3 is 5.11 Å². The first-order valence-electron chi connectivity index (χ1n) is 3.49. The summed E-state index contributed by atoms with van der Waals surface area (Å²) in [5.74, 6) is 0.591. The maximum atomic E-state index is 8.72. The zero-order chi connectivity index (χ0) is 8.39. The van der Waals surface area contributed by atoms with Crippen LogP contribution in [0.15, 0.2) is 29.3 Å². The van der Waals surface area contributed by atoms with Crippen molar-refractivity contribution in [1.82, 2.24) is 15.5 Å². The van der Waals surface area contributed by atoms with Crippen molar-refractivity contribution in [2.75, 3.05) is 6.61 Å². The number of aromatic nitrogens is 2. The monoisotopic (exact) mass is 163 g/mol. The normalized spacial score (nSPS) is 15.4. The topological polar surface area (TPSA) is 75.4 Å². The minimum Gasteiger partial charge on any atom is -0.390 e. The van der Waals surface area contributed by atoms with Crippen molar-refractivity contribution < 1.29 is 5.11 Å². The molecule has 1 radical (unpaired) electrons. The summed E-state index contributed by atoms with van der Waals surface area (Å²) in [6.45, 7) is -0.0785. The molecule has 1 aliphatic rings. The van der Waals surface area contributed by atoms with Crippen LogP contribution in [0, 0.1) is 0 Å². The maximum absolute atomic E-state index is 8.72. The Hall–Kier alpha value is -1.62. The van der Waals surface area contributed by atoms with Crippen molar-refractivity contribution in [1.29, 1.82) is 0 Å². The number of hydrogen-bond donors (Lipinski definition) is 2. The first kappa shape index (κ1) is 7.05. The van der Waals surface area contributed by atoms with Gasteiger partial charge in [-0.2, -0.15) is 5.10 Å². The smallest absolute Gasteiger partial charge is 0.162 e. The number of rotatable bonds is 2. The summed E-state index contributed by atoms with van der Waals surface area (Å²) in [5.41, 5.74) is 1.40. The maximum Gasteiger partial charge on any atom is 0.162 e. The highest BCUT2D eigenvalue weighted by Crippen LogP contribution is 2.07. The molecule has 2 rings (SSSR count). The van der Waals surface area contributed by atoms with Crippen LogP contribution in [-0.4, -0.2) is 27.7 Å². The molecule has 0 amide bonds. The average Bonchev–Trinajstić information content (AvgIpc) is 2.75. The first-order chi connectivity index (χ1) is 5.90. The molecule has 0 aliphatic carbocycles. The van der Waals surface area contributed by atoms with E-state index < -0.39 is 0 Å². The summed E-state index contributed by atoms with van der Waals surface area (Å²) < 4.78 is 0. The highest BCUT2D eigenvalue weighted by Gasteiger charge is 2.11. The molecule has 2 heterocycles. The van der Waals surface area contributed by atoms with E-state index in [2.05, 4.69) is 20.5 Å². The van der Waals surface area contributed by atoms with Gasteiger partial charge in [-0.05, 0) is 0 Å². The minimum absolute atomic E-state index is 0.0785. The van der Waals surface area contributed by atoms with Crippen molar-refractivity contribution in [3.05, 3.63) is 29.9 Å². The molecule has 12 heavy (non-hydrogen) atoms. The molecule has 0 spiro atoms. The van der Waals surface area contributed by atoms with Crippen LogP contribution in [0.4, 0.5) is 0 Å². The Morgan fingerprint density at radius 3 is 3.00 bits per heavy atom. The van der Waals surface area contributed by atoms with E-state index in [0.717, 1.165) is 5.56 Å². The summed E-state index contributed by atoms with van der Waals surface area (Å²) in [7, 11) is 0. The molecule has 0 saturated carbocycles. The summed E-state index contributed by atoms with van der Waals surface area (Å²) in [6, 6.07) is 0. The molecule has 0 unspecified atom stereocenters. The zero-order valence-electron chi connectivity index (χ0n) is 6.23. The van der Waals surface area contributed by atoms with Crippen molar-refractivity contribution >= 4 is 5.84 Å². The van der Waals surface area contributed by atoms with E-state index in [1.165, 1.54) is 0 Å². The molecule has 61 valence electrons. The van der Waals surface area contributed by atoms with E-state index in [-0.39, 0.29) is 6.61 Å². The minimum atomic E-state index is -0.0785. The van der Waals surface area contributed by atoms with Gasteiger partial charge in [0.1, 0.15) is 0 Å². The lowest BCUT2D eigenvalue weighted by molar-refractivity contribution is 0.330. The fraction of sp³-hybridized carbons (Fsp3) is 0.143. The first-order valence-corrected chi connectivity index (χ1v) is 3.49. The third-order valence-corrected chi connectivity index (χ3v) is 1.50. The van der Waals surface area contributed by atoms with Gasteiger partial charge in [-0.15, -0.1) is 0 Å². The van der Waals surface area contributed by atoms with Gasteiger partial charge in [-0.25, -0.2) is 10.3 Å². The van der Waals surface area contributed by atoms with Crippen LogP contribution in [0.5, 0.6) is 0 Å². The van der Waals surface area contributed by atoms with Gasteiger partial charge in [-0.3, -0.25) is 5.10 Å². The highest BCUT2D eigenvalue weighted by molar-refractivity contribution is 6.00. The molecule has 0 aromatic carbocycles. The molecule has 5 nitrogen and oxygen atoms in total. The Balaban J connectivity index is 2.21. The van der Waals surface area contributed by atoms with Crippen LogP contribution in [0.1, 0.15) is 5.56 Å². The molecule has 0 bridgehead atoms. The average molecular weight is 163 g/mol. The Labute approximate surface area is 68.8 Å². The number of aromatic amines is 1. The van der Waals surface area contributed by atoms with Gasteiger partial charge in [-0.1, -0.05) is 0 Å². The second kappa shape index (κ2) is 2.78. The fourth-order valence-corrected chi connectivity index (χ4v) is 0.918. The van der Waals surface area contributed by atoms with Crippen molar-refractivity contribution in [2.45, 2.75) is 0 Å². The van der Waals surface area contributed by atoms with Crippen molar-refractivity contribution in [3.8, 4) is 0 Å². The molecule has 1 aromatic rings. The van der Waals surface area contributed by atoms with Crippen molar-refractivity contribution in [3.63, 3.8) is 0 Å². The van der Waals surface area contributed by atoms with Gasteiger partial charge in [0.05, 0.1) is 30.3 Å². The van der Waals surface area contributed by atoms with Gasteiger partial charge >= 0.3 is 0 Å². The molecular weight excluding hydrogens is 156 g/mol. The number of amidine groups is 1. The molecule has 0 fully saturated rings. The Morgan fingerprint density at radius 1 is 1.50 bits per heavy atom. The van der Waals surface area contributed by atoms with Gasteiger partial charge in [0, 0.05) is 6.20 Å². The van der Waals surface area contributed by atoms with Gasteiger partial charge in [0.25, 0.3) is 0 Å². The number of nitrogens with one attached hydrogen (secondary N) is 1. The second-order valence-corrected chi connectivity index (χ2v) is 2.33. The predicted molar refractivity (Wildman–Crippen MR) is 42.4 cm³/mol. The lowest BCUT2D eigenvalue weighted by atomic mass is 10.3. The number of nitrogens with zero attached hydrogens (tertiary/aromatic N) is 3. The van der Waals surface area contributed by atoms with E-state index in [1.807, 2.05) is 0 Å². The Bertz CT molecular complexity index is 325. The largest absolute Gasteiger partial charge is 0.390 e. The van der Waals surface area contributed by atoms with E-state index in [0.29, 0.717) is 11.5 Å². The van der Waals surface area contributed by atoms with Gasteiger partial charge in [0.2, 0.25) is 0 Å². The number of hydrogen-bond acceptors (Lipinski definition) is 3. The van der Waals surface area contributed by atoms with E-state index >= 15 is 0 Å².